The summed E-state index contributed by atoms with van der Waals surface area (Å²) in [7, 11) is 0. The fourth-order valence-corrected chi connectivity index (χ4v) is 1.66. The second-order valence-corrected chi connectivity index (χ2v) is 4.47. The molecule has 0 aromatic rings. The minimum Gasteiger partial charge on any atom is -0.341 e. The number of likely N-dealkylation sites (tertiary alicyclic amines) is 1. The van der Waals surface area contributed by atoms with Crippen molar-refractivity contribution < 1.29 is 4.79 Å². The molecule has 3 nitrogen and oxygen atoms in total. The fraction of sp³-hybridized carbons (Fsp3) is 0.917. The molecule has 0 aromatic carbocycles. The number of nitrogens with zero attached hydrogens (tertiary/aromatic N) is 1. The Morgan fingerprint density at radius 1 is 1.53 bits per heavy atom. The molecule has 1 aliphatic heterocycles. The molecule has 2 unspecified atom stereocenters. The maximum Gasteiger partial charge on any atom is 0.225 e. The molecule has 1 rings (SSSR count). The molecule has 2 atom stereocenters. The van der Waals surface area contributed by atoms with E-state index in [1.54, 1.807) is 0 Å². The van der Waals surface area contributed by atoms with Gasteiger partial charge in [0.1, 0.15) is 0 Å². The number of hydrogen-bond acceptors (Lipinski definition) is 2. The highest BCUT2D eigenvalue weighted by Gasteiger charge is 2.33. The van der Waals surface area contributed by atoms with Gasteiger partial charge in [-0.3, -0.25) is 4.79 Å². The summed E-state index contributed by atoms with van der Waals surface area (Å²) in [5, 5.41) is 0. The molecule has 0 saturated carbocycles. The summed E-state index contributed by atoms with van der Waals surface area (Å²) in [6.07, 6.45) is 1.84. The van der Waals surface area contributed by atoms with Crippen LogP contribution in [0.15, 0.2) is 0 Å². The van der Waals surface area contributed by atoms with Crippen LogP contribution in [0.25, 0.3) is 0 Å². The predicted octanol–water partition coefficient (Wildman–Crippen LogP) is 2.01. The van der Waals surface area contributed by atoms with E-state index in [1.165, 1.54) is 0 Å². The summed E-state index contributed by atoms with van der Waals surface area (Å²) in [6.45, 7) is 11.6. The van der Waals surface area contributed by atoms with E-state index in [0.717, 1.165) is 25.9 Å². The van der Waals surface area contributed by atoms with Gasteiger partial charge in [0.05, 0.1) is 0 Å². The van der Waals surface area contributed by atoms with E-state index in [2.05, 4.69) is 0 Å². The lowest BCUT2D eigenvalue weighted by molar-refractivity contribution is -0.134. The number of hydrogen-bond donors (Lipinski definition) is 1. The van der Waals surface area contributed by atoms with Gasteiger partial charge in [0.15, 0.2) is 0 Å². The standard InChI is InChI=1S/C10H20N2O.C2H6/c1-4-8(2)9(13)12-6-5-10(3,11)7-12;1-2/h8H,4-7,11H2,1-3H3;1-2H3. The zero-order valence-electron chi connectivity index (χ0n) is 10.8. The molecule has 0 aliphatic carbocycles. The Bertz CT molecular complexity index is 202. The predicted molar refractivity (Wildman–Crippen MR) is 64.6 cm³/mol. The second-order valence-electron chi connectivity index (χ2n) is 4.47. The highest BCUT2D eigenvalue weighted by Crippen LogP contribution is 2.20. The van der Waals surface area contributed by atoms with Crippen LogP contribution in [-0.4, -0.2) is 29.4 Å². The van der Waals surface area contributed by atoms with Crippen molar-refractivity contribution in [1.82, 2.24) is 4.90 Å². The Labute approximate surface area is 94.0 Å². The molecule has 90 valence electrons. The molecule has 0 bridgehead atoms. The van der Waals surface area contributed by atoms with Gasteiger partial charge in [0.2, 0.25) is 5.91 Å². The summed E-state index contributed by atoms with van der Waals surface area (Å²) in [5.74, 6) is 0.408. The van der Waals surface area contributed by atoms with Gasteiger partial charge in [-0.05, 0) is 19.8 Å². The zero-order chi connectivity index (χ0) is 12.1. The smallest absolute Gasteiger partial charge is 0.225 e. The van der Waals surface area contributed by atoms with Crippen LogP contribution in [0.1, 0.15) is 47.5 Å². The first-order chi connectivity index (χ1) is 6.96. The Morgan fingerprint density at radius 3 is 2.40 bits per heavy atom. The van der Waals surface area contributed by atoms with Gasteiger partial charge in [-0.1, -0.05) is 27.7 Å². The monoisotopic (exact) mass is 214 g/mol. The van der Waals surface area contributed by atoms with Crippen LogP contribution in [0.4, 0.5) is 0 Å². The first-order valence-corrected chi connectivity index (χ1v) is 6.04. The zero-order valence-corrected chi connectivity index (χ0v) is 10.8. The van der Waals surface area contributed by atoms with Crippen molar-refractivity contribution in [3.63, 3.8) is 0 Å². The van der Waals surface area contributed by atoms with E-state index in [4.69, 9.17) is 5.73 Å². The highest BCUT2D eigenvalue weighted by atomic mass is 16.2. The topological polar surface area (TPSA) is 46.3 Å². The molecule has 1 fully saturated rings. The van der Waals surface area contributed by atoms with Crippen molar-refractivity contribution in [3.05, 3.63) is 0 Å². The van der Waals surface area contributed by atoms with Crippen LogP contribution in [-0.2, 0) is 4.79 Å². The number of amides is 1. The van der Waals surface area contributed by atoms with Crippen LogP contribution in [0.5, 0.6) is 0 Å². The number of carbonyl (C=O) groups is 1. The van der Waals surface area contributed by atoms with Crippen LogP contribution >= 0.6 is 0 Å². The number of carbonyl (C=O) groups excluding carboxylic acids is 1. The Kier molecular flexibility index (Phi) is 5.88. The van der Waals surface area contributed by atoms with Crippen LogP contribution < -0.4 is 5.73 Å². The lowest BCUT2D eigenvalue weighted by atomic mass is 10.0. The van der Waals surface area contributed by atoms with Gasteiger partial charge >= 0.3 is 0 Å². The molecule has 1 amide bonds. The molecular formula is C12H26N2O. The van der Waals surface area contributed by atoms with E-state index >= 15 is 0 Å². The summed E-state index contributed by atoms with van der Waals surface area (Å²) < 4.78 is 0. The maximum absolute atomic E-state index is 11.7. The molecule has 1 aliphatic rings. The van der Waals surface area contributed by atoms with E-state index in [-0.39, 0.29) is 17.4 Å². The summed E-state index contributed by atoms with van der Waals surface area (Å²) in [6, 6.07) is 0. The molecule has 1 saturated heterocycles. The average molecular weight is 214 g/mol. The number of rotatable bonds is 2. The first kappa shape index (κ1) is 14.4. The first-order valence-electron chi connectivity index (χ1n) is 6.04. The van der Waals surface area contributed by atoms with Gasteiger partial charge in [-0.15, -0.1) is 0 Å². The average Bonchev–Trinajstić information content (AvgIpc) is 2.59. The normalized spacial score (nSPS) is 26.9. The largest absolute Gasteiger partial charge is 0.341 e. The van der Waals surface area contributed by atoms with E-state index in [0.29, 0.717) is 0 Å². The van der Waals surface area contributed by atoms with Crippen LogP contribution in [0, 0.1) is 5.92 Å². The van der Waals surface area contributed by atoms with Crippen molar-refractivity contribution in [2.75, 3.05) is 13.1 Å². The lowest BCUT2D eigenvalue weighted by Gasteiger charge is -2.22. The summed E-state index contributed by atoms with van der Waals surface area (Å²) in [5.41, 5.74) is 5.79. The second kappa shape index (κ2) is 6.11. The molecule has 1 heterocycles. The van der Waals surface area contributed by atoms with Crippen LogP contribution in [0.3, 0.4) is 0 Å². The van der Waals surface area contributed by atoms with Crippen LogP contribution in [0.2, 0.25) is 0 Å². The molecule has 3 heteroatoms. The van der Waals surface area contributed by atoms with Crippen molar-refractivity contribution in [2.45, 2.75) is 53.0 Å². The van der Waals surface area contributed by atoms with Gasteiger partial charge in [0.25, 0.3) is 0 Å². The molecular weight excluding hydrogens is 188 g/mol. The van der Waals surface area contributed by atoms with E-state index in [1.807, 2.05) is 39.5 Å². The summed E-state index contributed by atoms with van der Waals surface area (Å²) >= 11 is 0. The Balaban J connectivity index is 0.000000921. The lowest BCUT2D eigenvalue weighted by Crippen LogP contribution is -2.42. The molecule has 0 spiro atoms. The van der Waals surface area contributed by atoms with Gasteiger partial charge < -0.3 is 10.6 Å². The Hall–Kier alpha value is -0.570. The van der Waals surface area contributed by atoms with Crippen molar-refractivity contribution in [2.24, 2.45) is 11.7 Å². The fourth-order valence-electron chi connectivity index (χ4n) is 1.66. The Morgan fingerprint density at radius 2 is 2.07 bits per heavy atom. The molecule has 0 aromatic heterocycles. The quantitative estimate of drug-likeness (QED) is 0.764. The molecule has 15 heavy (non-hydrogen) atoms. The molecule has 0 radical (unpaired) electrons. The van der Waals surface area contributed by atoms with Gasteiger partial charge in [-0.25, -0.2) is 0 Å². The highest BCUT2D eigenvalue weighted by molar-refractivity contribution is 5.78. The minimum absolute atomic E-state index is 0.147. The minimum atomic E-state index is -0.164. The van der Waals surface area contributed by atoms with Gasteiger partial charge in [-0.2, -0.15) is 0 Å². The third kappa shape index (κ3) is 4.20. The maximum atomic E-state index is 11.7. The van der Waals surface area contributed by atoms with E-state index in [9.17, 15) is 4.79 Å². The van der Waals surface area contributed by atoms with Crippen molar-refractivity contribution in [1.29, 1.82) is 0 Å². The third-order valence-corrected chi connectivity index (χ3v) is 2.85. The third-order valence-electron chi connectivity index (χ3n) is 2.85. The summed E-state index contributed by atoms with van der Waals surface area (Å²) in [4.78, 5) is 13.6. The van der Waals surface area contributed by atoms with Crippen molar-refractivity contribution in [3.8, 4) is 0 Å². The van der Waals surface area contributed by atoms with Crippen molar-refractivity contribution >= 4 is 5.91 Å². The molecule has 2 N–H and O–H groups in total. The van der Waals surface area contributed by atoms with Gasteiger partial charge in [0, 0.05) is 24.5 Å². The number of nitrogens with two attached hydrogens (primary N) is 1. The van der Waals surface area contributed by atoms with E-state index < -0.39 is 0 Å². The SMILES string of the molecule is CC.CCC(C)C(=O)N1CCC(C)(N)C1.